The highest BCUT2D eigenvalue weighted by Crippen LogP contribution is 2.26. The number of carbonyl (C=O) groups is 2. The Labute approximate surface area is 139 Å². The molecule has 0 radical (unpaired) electrons. The van der Waals surface area contributed by atoms with Gasteiger partial charge in [-0.15, -0.1) is 0 Å². The van der Waals surface area contributed by atoms with Gasteiger partial charge in [0.15, 0.2) is 0 Å². The average Bonchev–Trinajstić information content (AvgIpc) is 3.00. The van der Waals surface area contributed by atoms with E-state index >= 15 is 0 Å². The van der Waals surface area contributed by atoms with Crippen LogP contribution in [0.15, 0.2) is 24.3 Å². The van der Waals surface area contributed by atoms with Crippen LogP contribution in [0.25, 0.3) is 0 Å². The van der Waals surface area contributed by atoms with Crippen molar-refractivity contribution in [2.45, 2.75) is 38.3 Å². The van der Waals surface area contributed by atoms with Crippen LogP contribution in [-0.4, -0.2) is 53.9 Å². The molecule has 1 aromatic carbocycles. The molecule has 0 aromatic heterocycles. The maximum atomic E-state index is 12.7. The first-order chi connectivity index (χ1) is 11.6. The van der Waals surface area contributed by atoms with Crippen molar-refractivity contribution >= 4 is 11.8 Å². The largest absolute Gasteiger partial charge is 0.434 e. The van der Waals surface area contributed by atoms with E-state index < -0.39 is 6.61 Å². The summed E-state index contributed by atoms with van der Waals surface area (Å²) in [6.07, 6.45) is 3.08. The monoisotopic (exact) mass is 338 g/mol. The third-order valence-electron chi connectivity index (χ3n) is 4.57. The summed E-state index contributed by atoms with van der Waals surface area (Å²) in [5, 5.41) is 0. The van der Waals surface area contributed by atoms with Crippen LogP contribution < -0.4 is 4.74 Å². The number of rotatable bonds is 4. The van der Waals surface area contributed by atoms with Crippen molar-refractivity contribution in [2.24, 2.45) is 0 Å². The quantitative estimate of drug-likeness (QED) is 0.848. The highest BCUT2D eigenvalue weighted by Gasteiger charge is 2.33. The number of hydrogen-bond acceptors (Lipinski definition) is 3. The number of alkyl halides is 2. The first-order valence-electron chi connectivity index (χ1n) is 8.19. The summed E-state index contributed by atoms with van der Waals surface area (Å²) in [4.78, 5) is 28.1. The lowest BCUT2D eigenvalue weighted by Crippen LogP contribution is -2.50. The SMILES string of the molecule is O=C(c1ccccc1OC(F)F)N1CCC[C@@H](N2CCCC2=O)C1. The van der Waals surface area contributed by atoms with Gasteiger partial charge in [-0.2, -0.15) is 8.78 Å². The second-order valence-electron chi connectivity index (χ2n) is 6.11. The van der Waals surface area contributed by atoms with Gasteiger partial charge in [0.2, 0.25) is 5.91 Å². The summed E-state index contributed by atoms with van der Waals surface area (Å²) in [7, 11) is 0. The molecule has 0 saturated carbocycles. The molecule has 0 unspecified atom stereocenters. The van der Waals surface area contributed by atoms with E-state index in [-0.39, 0.29) is 29.2 Å². The molecule has 24 heavy (non-hydrogen) atoms. The molecule has 2 heterocycles. The van der Waals surface area contributed by atoms with E-state index in [1.165, 1.54) is 12.1 Å². The Bertz CT molecular complexity index is 624. The molecule has 2 fully saturated rings. The third-order valence-corrected chi connectivity index (χ3v) is 4.57. The molecule has 2 amide bonds. The number of likely N-dealkylation sites (tertiary alicyclic amines) is 2. The van der Waals surface area contributed by atoms with Gasteiger partial charge in [0, 0.05) is 32.1 Å². The van der Waals surface area contributed by atoms with Crippen LogP contribution >= 0.6 is 0 Å². The number of nitrogens with zero attached hydrogens (tertiary/aromatic N) is 2. The van der Waals surface area contributed by atoms with Crippen LogP contribution in [0, 0.1) is 0 Å². The molecule has 1 atom stereocenters. The second kappa shape index (κ2) is 7.15. The minimum absolute atomic E-state index is 0.0147. The predicted molar refractivity (Wildman–Crippen MR) is 82.9 cm³/mol. The van der Waals surface area contributed by atoms with Crippen LogP contribution in [0.4, 0.5) is 8.78 Å². The lowest BCUT2D eigenvalue weighted by molar-refractivity contribution is -0.130. The first-order valence-corrected chi connectivity index (χ1v) is 8.19. The number of halogens is 2. The zero-order valence-electron chi connectivity index (χ0n) is 13.3. The number of amides is 2. The number of piperidine rings is 1. The molecule has 130 valence electrons. The first kappa shape index (κ1) is 16.7. The van der Waals surface area contributed by atoms with Gasteiger partial charge >= 0.3 is 6.61 Å². The molecule has 2 saturated heterocycles. The minimum atomic E-state index is -2.98. The fourth-order valence-electron chi connectivity index (χ4n) is 3.46. The lowest BCUT2D eigenvalue weighted by atomic mass is 10.0. The number of benzene rings is 1. The number of para-hydroxylation sites is 1. The van der Waals surface area contributed by atoms with Crippen molar-refractivity contribution in [3.63, 3.8) is 0 Å². The summed E-state index contributed by atoms with van der Waals surface area (Å²) in [6.45, 7) is -1.25. The molecule has 1 aromatic rings. The maximum absolute atomic E-state index is 12.7. The molecule has 5 nitrogen and oxygen atoms in total. The fourth-order valence-corrected chi connectivity index (χ4v) is 3.46. The molecule has 2 aliphatic heterocycles. The predicted octanol–water partition coefficient (Wildman–Crippen LogP) is 2.52. The highest BCUT2D eigenvalue weighted by atomic mass is 19.3. The maximum Gasteiger partial charge on any atom is 0.387 e. The smallest absolute Gasteiger partial charge is 0.387 e. The van der Waals surface area contributed by atoms with E-state index in [9.17, 15) is 18.4 Å². The Kier molecular flexibility index (Phi) is 4.97. The van der Waals surface area contributed by atoms with Crippen molar-refractivity contribution in [1.29, 1.82) is 0 Å². The normalized spacial score (nSPS) is 21.5. The molecule has 7 heteroatoms. The zero-order valence-corrected chi connectivity index (χ0v) is 13.3. The van der Waals surface area contributed by atoms with E-state index in [0.29, 0.717) is 19.5 Å². The average molecular weight is 338 g/mol. The summed E-state index contributed by atoms with van der Waals surface area (Å²) < 4.78 is 29.5. The highest BCUT2D eigenvalue weighted by molar-refractivity contribution is 5.97. The molecule has 0 N–H and O–H groups in total. The van der Waals surface area contributed by atoms with Gasteiger partial charge in [0.1, 0.15) is 5.75 Å². The Balaban J connectivity index is 1.74. The third kappa shape index (κ3) is 3.49. The Morgan fingerprint density at radius 2 is 2.00 bits per heavy atom. The molecular formula is C17H20F2N2O3. The van der Waals surface area contributed by atoms with Gasteiger partial charge in [-0.1, -0.05) is 12.1 Å². The Morgan fingerprint density at radius 3 is 2.71 bits per heavy atom. The van der Waals surface area contributed by atoms with Crippen molar-refractivity contribution < 1.29 is 23.1 Å². The van der Waals surface area contributed by atoms with Crippen LogP contribution in [0.2, 0.25) is 0 Å². The number of carbonyl (C=O) groups excluding carboxylic acids is 2. The van der Waals surface area contributed by atoms with Crippen LogP contribution in [-0.2, 0) is 4.79 Å². The van der Waals surface area contributed by atoms with Gasteiger partial charge in [-0.05, 0) is 31.4 Å². The lowest BCUT2D eigenvalue weighted by Gasteiger charge is -2.37. The van der Waals surface area contributed by atoms with Crippen molar-refractivity contribution in [3.8, 4) is 5.75 Å². The standard InChI is InChI=1S/C17H20F2N2O3/c18-17(19)24-14-7-2-1-6-13(14)16(23)20-9-3-5-12(11-20)21-10-4-8-15(21)22/h1-2,6-7,12,17H,3-5,8-11H2/t12-/m1/s1. The van der Waals surface area contributed by atoms with E-state index in [0.717, 1.165) is 25.8 Å². The molecule has 0 spiro atoms. The van der Waals surface area contributed by atoms with Gasteiger partial charge in [0.25, 0.3) is 5.91 Å². The molecule has 2 aliphatic rings. The van der Waals surface area contributed by atoms with Gasteiger partial charge < -0.3 is 14.5 Å². The van der Waals surface area contributed by atoms with Crippen LogP contribution in [0.1, 0.15) is 36.0 Å². The van der Waals surface area contributed by atoms with E-state index in [1.807, 2.05) is 4.90 Å². The van der Waals surface area contributed by atoms with E-state index in [4.69, 9.17) is 0 Å². The molecule has 3 rings (SSSR count). The number of ether oxygens (including phenoxy) is 1. The summed E-state index contributed by atoms with van der Waals surface area (Å²) in [5.41, 5.74) is 0.131. The fraction of sp³-hybridized carbons (Fsp3) is 0.529. The zero-order chi connectivity index (χ0) is 17.1. The summed E-state index contributed by atoms with van der Waals surface area (Å²) in [5.74, 6) is -0.310. The van der Waals surface area contributed by atoms with E-state index in [2.05, 4.69) is 4.74 Å². The van der Waals surface area contributed by atoms with Crippen molar-refractivity contribution in [2.75, 3.05) is 19.6 Å². The Hall–Kier alpha value is -2.18. The second-order valence-corrected chi connectivity index (χ2v) is 6.11. The van der Waals surface area contributed by atoms with Gasteiger partial charge in [0.05, 0.1) is 5.56 Å². The van der Waals surface area contributed by atoms with Gasteiger partial charge in [-0.3, -0.25) is 9.59 Å². The van der Waals surface area contributed by atoms with Crippen LogP contribution in [0.5, 0.6) is 5.75 Å². The summed E-state index contributed by atoms with van der Waals surface area (Å²) >= 11 is 0. The van der Waals surface area contributed by atoms with Crippen LogP contribution in [0.3, 0.4) is 0 Å². The minimum Gasteiger partial charge on any atom is -0.434 e. The topological polar surface area (TPSA) is 49.9 Å². The van der Waals surface area contributed by atoms with Gasteiger partial charge in [-0.25, -0.2) is 0 Å². The van der Waals surface area contributed by atoms with E-state index in [1.54, 1.807) is 17.0 Å². The van der Waals surface area contributed by atoms with Crippen molar-refractivity contribution in [3.05, 3.63) is 29.8 Å². The summed E-state index contributed by atoms with van der Waals surface area (Å²) in [6, 6.07) is 6.05. The Morgan fingerprint density at radius 1 is 1.21 bits per heavy atom. The molecule has 0 aliphatic carbocycles. The molecular weight excluding hydrogens is 318 g/mol. The molecule has 0 bridgehead atoms. The van der Waals surface area contributed by atoms with Crippen molar-refractivity contribution in [1.82, 2.24) is 9.80 Å². The number of hydrogen-bond donors (Lipinski definition) is 0.